The molecule has 11 aromatic heterocycles. The first kappa shape index (κ1) is 106. The van der Waals surface area contributed by atoms with E-state index in [1.807, 2.05) is 281 Å². The fourth-order valence-corrected chi connectivity index (χ4v) is 14.3. The van der Waals surface area contributed by atoms with Gasteiger partial charge in [-0.25, -0.2) is 0 Å². The number of para-hydroxylation sites is 2. The summed E-state index contributed by atoms with van der Waals surface area (Å²) in [5, 5.41) is 4.47. The van der Waals surface area contributed by atoms with Crippen LogP contribution in [0.1, 0.15) is 104 Å². The van der Waals surface area contributed by atoms with Gasteiger partial charge in [0.2, 0.25) is 0 Å². The summed E-state index contributed by atoms with van der Waals surface area (Å²) in [7, 11) is 0. The maximum atomic E-state index is 5.97. The standard InChI is InChI=1S/C21H20N.2C17H10NO.3C15H16N.C12H10N.C10H7N2.4Ir/c1-21(2,3)19-12-13-22-20(15-19)18-11-7-10-17(14-18)16-8-5-4-6-9-16;2*1-2-10-16-12(6-1)13-7-5-8-14(17(13)19-16)15-9-3-4-11-18-15;1-15(2,3)13-9-10-16-14(11-13)12-7-5-4-6-8-12;1-15(2,3)13-9-10-14(16-11-13)12-7-5-4-6-8-12;1-12(2)10-13-8-9-15(16-11-13)14-6-4-3-5-7-14;1-10-7-8-12(13-9-10)11-5-3-2-4-6-11;1-3-7-11-9(5-1)10-6-2-4-8-12-10;;;;/h4-10,12-15H,1-3H3;2*1-7,9-11H;2*4-7,9-11H,1-3H3;3-6,8-9,11-12H,10H2,1-2H3;2-5,7-9H,1H3;1-5,7-8H;;;;/q8*-1;;;;. The van der Waals surface area contributed by atoms with Gasteiger partial charge < -0.3 is 48.7 Å². The fraction of sp³-hybridized carbons (Fsp3) is 0.139. The van der Waals surface area contributed by atoms with Crippen LogP contribution >= 0.6 is 0 Å². The van der Waals surface area contributed by atoms with Crippen LogP contribution in [0.5, 0.6) is 0 Å². The van der Waals surface area contributed by atoms with Gasteiger partial charge in [-0.15, -0.1) is 221 Å². The summed E-state index contributed by atoms with van der Waals surface area (Å²) in [6, 6.07) is 140. The van der Waals surface area contributed by atoms with Gasteiger partial charge in [-0.3, -0.25) is 4.98 Å². The number of hydrogen-bond acceptors (Lipinski definition) is 11. The van der Waals surface area contributed by atoms with Crippen LogP contribution in [0.25, 0.3) is 145 Å². The average molecular weight is 2500 g/mol. The van der Waals surface area contributed by atoms with Crippen LogP contribution in [0.2, 0.25) is 0 Å². The van der Waals surface area contributed by atoms with Crippen LogP contribution in [0.4, 0.5) is 0 Å². The van der Waals surface area contributed by atoms with E-state index in [9.17, 15) is 0 Å². The zero-order chi connectivity index (χ0) is 92.8. The molecule has 4 radical (unpaired) electrons. The van der Waals surface area contributed by atoms with Crippen molar-refractivity contribution in [2.24, 2.45) is 5.92 Å². The monoisotopic (exact) mass is 2500 g/mol. The first-order chi connectivity index (χ1) is 64.6. The minimum atomic E-state index is 0. The average Bonchev–Trinajstić information content (AvgIpc) is 1.62. The van der Waals surface area contributed by atoms with Gasteiger partial charge in [0, 0.05) is 141 Å². The molecule has 0 N–H and O–H groups in total. The Hall–Kier alpha value is -13.3. The quantitative estimate of drug-likeness (QED) is 0.114. The Morgan fingerprint density at radius 2 is 0.657 bits per heavy atom. The van der Waals surface area contributed by atoms with E-state index in [0.717, 1.165) is 140 Å². The van der Waals surface area contributed by atoms with E-state index in [1.165, 1.54) is 38.9 Å². The van der Waals surface area contributed by atoms with Gasteiger partial charge in [0.15, 0.2) is 0 Å². The second-order valence-electron chi connectivity index (χ2n) is 35.0. The molecule has 21 aromatic rings. The predicted molar refractivity (Wildman–Crippen MR) is 545 cm³/mol. The number of rotatable bonds is 11. The normalized spacial score (nSPS) is 10.6. The van der Waals surface area contributed by atoms with Gasteiger partial charge in [-0.05, 0) is 169 Å². The van der Waals surface area contributed by atoms with Crippen LogP contribution in [0.15, 0.2) is 410 Å². The summed E-state index contributed by atoms with van der Waals surface area (Å²) in [6.07, 6.45) is 17.7. The Morgan fingerprint density at radius 1 is 0.263 bits per heavy atom. The summed E-state index contributed by atoms with van der Waals surface area (Å²) in [5.41, 5.74) is 28.0. The number of pyridine rings is 9. The maximum Gasteiger partial charge on any atom is 0.120 e. The molecule has 0 saturated heterocycles. The smallest absolute Gasteiger partial charge is 0.120 e. The van der Waals surface area contributed by atoms with E-state index in [2.05, 4.69) is 273 Å². The number of furan rings is 2. The molecule has 21 rings (SSSR count). The Kier molecular flexibility index (Phi) is 40.3. The molecular weight excluding hydrogens is 2390 g/mol. The zero-order valence-electron chi connectivity index (χ0n) is 78.6. The van der Waals surface area contributed by atoms with Crippen molar-refractivity contribution in [2.45, 2.75) is 106 Å². The predicted octanol–water partition coefficient (Wildman–Crippen LogP) is 30.6. The summed E-state index contributed by atoms with van der Waals surface area (Å²) < 4.78 is 11.9. The Morgan fingerprint density at radius 3 is 1.07 bits per heavy atom. The molecule has 0 aliphatic rings. The van der Waals surface area contributed by atoms with Gasteiger partial charge in [-0.1, -0.05) is 250 Å². The van der Waals surface area contributed by atoms with E-state index in [1.54, 1.807) is 24.8 Å². The first-order valence-corrected chi connectivity index (χ1v) is 44.6. The van der Waals surface area contributed by atoms with E-state index in [-0.39, 0.29) is 96.7 Å². The van der Waals surface area contributed by atoms with Crippen LogP contribution in [0, 0.1) is 61.4 Å². The molecule has 11 nitrogen and oxygen atoms in total. The number of fused-ring (bicyclic) bond motifs is 6. The van der Waals surface area contributed by atoms with Gasteiger partial charge >= 0.3 is 0 Å². The Labute approximate surface area is 861 Å². The molecule has 15 heteroatoms. The largest absolute Gasteiger partial charge is 0.501 e. The number of hydrogen-bond donors (Lipinski definition) is 0. The maximum absolute atomic E-state index is 5.97. The molecule has 0 aliphatic heterocycles. The fourth-order valence-electron chi connectivity index (χ4n) is 14.3. The van der Waals surface area contributed by atoms with Gasteiger partial charge in [0.05, 0.1) is 11.2 Å². The van der Waals surface area contributed by atoms with Crippen molar-refractivity contribution in [1.82, 2.24) is 44.9 Å². The molecule has 137 heavy (non-hydrogen) atoms. The summed E-state index contributed by atoms with van der Waals surface area (Å²) >= 11 is 0. The number of aryl methyl sites for hydroxylation is 1. The van der Waals surface area contributed by atoms with E-state index in [0.29, 0.717) is 5.92 Å². The number of benzene rings is 10. The summed E-state index contributed by atoms with van der Waals surface area (Å²) in [5.74, 6) is 0.677. The minimum Gasteiger partial charge on any atom is -0.501 e. The van der Waals surface area contributed by atoms with Gasteiger partial charge in [0.25, 0.3) is 0 Å². The Balaban J connectivity index is 0.000000162. The SMILES string of the molecule is CC(C)(C)c1ccc(-c2[c-]cccc2)nc1.CC(C)(C)c1ccnc(-c2[c-]ccc(-c3ccccc3)c2)c1.CC(C)(C)c1ccnc(-c2[c-]cccc2)c1.CC(C)Cc1ccc(-c2[c-]cccc2)nc1.Cc1ccc(-c2[c-]cccc2)nc1.[Ir].[Ir].[Ir].[Ir].[c-]1ccc2c(oc3ccccc32)c1-c1ccccn1.[c-]1ccc2c(oc3ccccc32)c1-c1ccccn1.[c-]1cccnc1-c1ccccn1. The van der Waals surface area contributed by atoms with Gasteiger partial charge in [0.1, 0.15) is 11.2 Å². The molecule has 11 heterocycles. The van der Waals surface area contributed by atoms with Crippen molar-refractivity contribution in [3.63, 3.8) is 0 Å². The minimum absolute atomic E-state index is 0. The second-order valence-corrected chi connectivity index (χ2v) is 35.0. The van der Waals surface area contributed by atoms with Gasteiger partial charge in [-0.2, -0.15) is 12.1 Å². The van der Waals surface area contributed by atoms with Crippen molar-refractivity contribution < 1.29 is 89.3 Å². The molecule has 0 saturated carbocycles. The number of nitrogens with zero attached hydrogens (tertiary/aromatic N) is 9. The number of aromatic nitrogens is 9. The van der Waals surface area contributed by atoms with E-state index < -0.39 is 0 Å². The van der Waals surface area contributed by atoms with E-state index >= 15 is 0 Å². The van der Waals surface area contributed by atoms with Crippen LogP contribution in [-0.4, -0.2) is 44.9 Å². The molecule has 0 aliphatic carbocycles. The topological polar surface area (TPSA) is 142 Å². The van der Waals surface area contributed by atoms with Crippen molar-refractivity contribution in [3.8, 4) is 101 Å². The molecule has 0 amide bonds. The third-order valence-electron chi connectivity index (χ3n) is 21.4. The van der Waals surface area contributed by atoms with Crippen LogP contribution < -0.4 is 0 Å². The van der Waals surface area contributed by atoms with Crippen molar-refractivity contribution in [2.75, 3.05) is 0 Å². The molecule has 0 unspecified atom stereocenters. The first-order valence-electron chi connectivity index (χ1n) is 44.6. The molecule has 0 fully saturated rings. The second kappa shape index (κ2) is 52.2. The summed E-state index contributed by atoms with van der Waals surface area (Å²) in [6.45, 7) is 26.3. The van der Waals surface area contributed by atoms with Crippen LogP contribution in [-0.2, 0) is 103 Å². The van der Waals surface area contributed by atoms with Crippen molar-refractivity contribution in [1.29, 1.82) is 0 Å². The molecule has 0 spiro atoms. The molecule has 694 valence electrons. The molecule has 0 bridgehead atoms. The summed E-state index contributed by atoms with van der Waals surface area (Å²) in [4.78, 5) is 39.2. The molecule has 10 aromatic carbocycles. The van der Waals surface area contributed by atoms with Crippen LogP contribution in [0.3, 0.4) is 0 Å². The molecular formula is C122H105Ir4N9O2-8. The zero-order valence-corrected chi connectivity index (χ0v) is 88.1. The Bertz CT molecular complexity index is 6950. The van der Waals surface area contributed by atoms with E-state index in [4.69, 9.17) is 8.83 Å². The molecule has 0 atom stereocenters. The third kappa shape index (κ3) is 30.4. The van der Waals surface area contributed by atoms with Crippen molar-refractivity contribution >= 4 is 43.9 Å². The van der Waals surface area contributed by atoms with Crippen molar-refractivity contribution in [3.05, 3.63) is 478 Å². The third-order valence-corrected chi connectivity index (χ3v) is 21.4.